The van der Waals surface area contributed by atoms with Crippen molar-refractivity contribution in [3.05, 3.63) is 139 Å². The zero-order chi connectivity index (χ0) is 55.9. The third-order valence-electron chi connectivity index (χ3n) is 20.8. The molecule has 10 heterocycles. The molecule has 0 unspecified atom stereocenters. The Bertz CT molecular complexity index is 4300. The molecule has 1 amide bonds. The molecule has 14 rings (SSSR count). The second kappa shape index (κ2) is 17.3. The van der Waals surface area contributed by atoms with Crippen LogP contribution in [-0.2, 0) is 38.0 Å². The monoisotopic (exact) mass is 1060 g/mol. The quantitative estimate of drug-likeness (QED) is 0.108. The summed E-state index contributed by atoms with van der Waals surface area (Å²) in [5.41, 5.74) is 28.9. The van der Waals surface area contributed by atoms with E-state index in [1.165, 1.54) is 34.9 Å². The van der Waals surface area contributed by atoms with E-state index < -0.39 is 17.8 Å². The average Bonchev–Trinajstić information content (AvgIpc) is 4.26. The lowest BCUT2D eigenvalue weighted by molar-refractivity contribution is -0.147. The molecular weight excluding hydrogens is 993 g/mol. The predicted octanol–water partition coefficient (Wildman–Crippen LogP) is 13.3. The van der Waals surface area contributed by atoms with Gasteiger partial charge in [0, 0.05) is 109 Å². The standard InChI is InChI=1S/C67H70N10O3/c1-28-30(3)46-18-48-32(5)34(7)50(74-48)20-52-62-40-16-38(60(62)54(76-52)22-56-66(9,10)24-36(70-56)14-44(28)72-46)42(26-68)58(40)64(78)69-27-43-39-17-41(59(43)65(79)80-13)63-53-21-51-35(8)33(6)49(75-51)19-47-31(4)29(2)45(73-47)15-37-25-67(11,12)57(71-37)23-55(77-53)61(39)63/h14-15,18-23,38-43,58-59,72-73,76-77H,16-17,24-25,27H2,1-13H3,(H,69,78)/t38-,39-,40+,41+,42+,43+,58+,59+/m1/s1. The minimum atomic E-state index is -0.593. The number of nitrogens with zero attached hydrogens (tertiary/aromatic N) is 5. The number of hydrogen-bond donors (Lipinski definition) is 5. The van der Waals surface area contributed by atoms with E-state index in [4.69, 9.17) is 24.7 Å². The highest BCUT2D eigenvalue weighted by atomic mass is 16.5. The summed E-state index contributed by atoms with van der Waals surface area (Å²) in [6, 6.07) is 20.2. The SMILES string of the molecule is COC(=O)[C@@H]1[C@@H](CNC(=O)[C@@H]2[C@@H](C#N)[C@H]3C[C@@H]2c2c3c3cc4nc(cc5[nH]c(cc6nc(cc2[nH]3)C(C)=C6C)c(C)c5C)CC4(C)C)[C@H]2C[C@@H]1c1c2c2cc3nc(cc4[nH]c(cc5nc(cc1[nH]2)C(C)=C5C)c(C)c4C)CC3(C)C. The average molecular weight is 1060 g/mol. The number of aromatic nitrogens is 8. The second-order valence-corrected chi connectivity index (χ2v) is 26.0. The number of amides is 1. The number of nitrogens with one attached hydrogen (secondary N) is 5. The minimum absolute atomic E-state index is 0.0591. The Morgan fingerprint density at radius 1 is 0.537 bits per heavy atom. The number of aryl methyl sites for hydroxylation is 4. The summed E-state index contributed by atoms with van der Waals surface area (Å²) in [6.07, 6.45) is 3.02. The van der Waals surface area contributed by atoms with E-state index in [1.807, 2.05) is 0 Å². The molecule has 4 aliphatic carbocycles. The van der Waals surface area contributed by atoms with Gasteiger partial charge in [0.15, 0.2) is 0 Å². The van der Waals surface area contributed by atoms with Crippen LogP contribution in [-0.4, -0.2) is 65.4 Å². The number of aromatic amines is 4. The topological polar surface area (TPSA) is 194 Å². The van der Waals surface area contributed by atoms with Gasteiger partial charge in [0.1, 0.15) is 0 Å². The summed E-state index contributed by atoms with van der Waals surface area (Å²) < 4.78 is 5.67. The molecule has 13 heteroatoms. The normalized spacial score (nSPS) is 24.6. The van der Waals surface area contributed by atoms with Gasteiger partial charge in [-0.3, -0.25) is 19.6 Å². The molecule has 2 fully saturated rings. The number of hydrogen-bond acceptors (Lipinski definition) is 8. The number of esters is 1. The van der Waals surface area contributed by atoms with E-state index in [9.17, 15) is 10.1 Å². The Kier molecular flexibility index (Phi) is 10.9. The maximum Gasteiger partial charge on any atom is 0.309 e. The minimum Gasteiger partial charge on any atom is -0.469 e. The van der Waals surface area contributed by atoms with Crippen molar-refractivity contribution in [2.75, 3.05) is 13.7 Å². The van der Waals surface area contributed by atoms with Crippen molar-refractivity contribution in [3.8, 4) is 6.07 Å². The van der Waals surface area contributed by atoms with Crippen molar-refractivity contribution in [1.29, 1.82) is 5.26 Å². The fraction of sp³-hybridized carbons (Fsp3) is 0.418. The first-order valence-corrected chi connectivity index (χ1v) is 28.7. The van der Waals surface area contributed by atoms with Crippen molar-refractivity contribution >= 4 is 78.3 Å². The highest BCUT2D eigenvalue weighted by molar-refractivity contribution is 5.95. The zero-order valence-electron chi connectivity index (χ0n) is 48.2. The van der Waals surface area contributed by atoms with E-state index in [2.05, 4.69) is 163 Å². The molecule has 13 nitrogen and oxygen atoms in total. The first-order valence-electron chi connectivity index (χ1n) is 28.7. The van der Waals surface area contributed by atoms with Gasteiger partial charge in [-0.25, -0.2) is 9.97 Å². The number of H-pyrrole nitrogens is 4. The number of ether oxygens (including phenoxy) is 1. The predicted molar refractivity (Wildman–Crippen MR) is 316 cm³/mol. The van der Waals surface area contributed by atoms with E-state index >= 15 is 4.79 Å². The third-order valence-corrected chi connectivity index (χ3v) is 20.8. The Hall–Kier alpha value is -7.85. The van der Waals surface area contributed by atoms with Gasteiger partial charge in [0.25, 0.3) is 0 Å². The molecule has 0 aromatic carbocycles. The molecule has 6 aromatic rings. The number of rotatable bonds is 4. The lowest BCUT2D eigenvalue weighted by atomic mass is 9.75. The Balaban J connectivity index is 0.871. The number of fused-ring (bicyclic) bond motifs is 30. The van der Waals surface area contributed by atoms with Crippen LogP contribution in [0.15, 0.2) is 48.5 Å². The van der Waals surface area contributed by atoms with Crippen LogP contribution < -0.4 is 5.32 Å². The molecule has 8 aliphatic rings. The maximum atomic E-state index is 15.3. The van der Waals surface area contributed by atoms with Crippen LogP contribution >= 0.6 is 0 Å². The lowest BCUT2D eigenvalue weighted by Crippen LogP contribution is -2.42. The summed E-state index contributed by atoms with van der Waals surface area (Å²) >= 11 is 0. The first kappa shape index (κ1) is 50.4. The highest BCUT2D eigenvalue weighted by Crippen LogP contribution is 2.64. The maximum absolute atomic E-state index is 15.3. The van der Waals surface area contributed by atoms with Gasteiger partial charge in [-0.05, 0) is 201 Å². The smallest absolute Gasteiger partial charge is 0.309 e. The summed E-state index contributed by atoms with van der Waals surface area (Å²) in [5.74, 6) is -2.88. The van der Waals surface area contributed by atoms with E-state index in [-0.39, 0.29) is 58.8 Å². The molecule has 0 radical (unpaired) electrons. The molecule has 406 valence electrons. The van der Waals surface area contributed by atoms with Crippen molar-refractivity contribution in [2.24, 2.45) is 23.7 Å². The first-order chi connectivity index (χ1) is 38.1. The number of nitriles is 1. The number of methoxy groups -OCH3 is 1. The second-order valence-electron chi connectivity index (χ2n) is 26.0. The number of allylic oxidation sites excluding steroid dienone is 4. The highest BCUT2D eigenvalue weighted by Gasteiger charge is 2.58. The van der Waals surface area contributed by atoms with Crippen LogP contribution in [0, 0.1) is 62.7 Å². The number of carbonyl (C=O) groups excluding carboxylic acids is 2. The third kappa shape index (κ3) is 7.25. The van der Waals surface area contributed by atoms with Crippen LogP contribution in [0.1, 0.15) is 182 Å². The molecule has 80 heavy (non-hydrogen) atoms. The van der Waals surface area contributed by atoms with E-state index in [0.717, 1.165) is 148 Å². The molecule has 2 saturated carbocycles. The van der Waals surface area contributed by atoms with Gasteiger partial charge < -0.3 is 30.0 Å². The van der Waals surface area contributed by atoms with Gasteiger partial charge in [-0.2, -0.15) is 5.26 Å². The van der Waals surface area contributed by atoms with Gasteiger partial charge >= 0.3 is 5.97 Å². The number of carbonyl (C=O) groups is 2. The molecule has 20 bridgehead atoms. The van der Waals surface area contributed by atoms with Gasteiger partial charge in [0.05, 0.1) is 53.7 Å². The molecule has 0 saturated heterocycles. The van der Waals surface area contributed by atoms with E-state index in [0.29, 0.717) is 6.42 Å². The van der Waals surface area contributed by atoms with Crippen LogP contribution in [0.4, 0.5) is 0 Å². The summed E-state index contributed by atoms with van der Waals surface area (Å²) in [6.45, 7) is 26.4. The molecule has 0 spiro atoms. The largest absolute Gasteiger partial charge is 0.469 e. The van der Waals surface area contributed by atoms with Gasteiger partial charge in [0.2, 0.25) is 5.91 Å². The van der Waals surface area contributed by atoms with Crippen LogP contribution in [0.5, 0.6) is 0 Å². The molecule has 8 atom stereocenters. The van der Waals surface area contributed by atoms with Crippen molar-refractivity contribution in [2.45, 2.75) is 143 Å². The van der Waals surface area contributed by atoms with Crippen molar-refractivity contribution < 1.29 is 14.3 Å². The van der Waals surface area contributed by atoms with Crippen LogP contribution in [0.25, 0.3) is 66.4 Å². The summed E-state index contributed by atoms with van der Waals surface area (Å²) in [7, 11) is 1.47. The lowest BCUT2D eigenvalue weighted by Gasteiger charge is -2.31. The van der Waals surface area contributed by atoms with Crippen LogP contribution in [0.3, 0.4) is 0 Å². The van der Waals surface area contributed by atoms with Gasteiger partial charge in [-0.1, -0.05) is 27.7 Å². The van der Waals surface area contributed by atoms with Crippen molar-refractivity contribution in [1.82, 2.24) is 45.2 Å². The molecular formula is C67H70N10O3. The van der Waals surface area contributed by atoms with E-state index in [1.54, 1.807) is 0 Å². The molecule has 6 aromatic heterocycles. The summed E-state index contributed by atoms with van der Waals surface area (Å²) in [4.78, 5) is 65.8. The molecule has 5 N–H and O–H groups in total. The molecule has 4 aliphatic heterocycles. The fourth-order valence-electron chi connectivity index (χ4n) is 15.8. The fourth-order valence-corrected chi connectivity index (χ4v) is 15.8. The van der Waals surface area contributed by atoms with Gasteiger partial charge in [-0.15, -0.1) is 0 Å². The summed E-state index contributed by atoms with van der Waals surface area (Å²) in [5, 5.41) is 14.6. The zero-order valence-corrected chi connectivity index (χ0v) is 48.2. The van der Waals surface area contributed by atoms with Crippen LogP contribution in [0.2, 0.25) is 0 Å². The van der Waals surface area contributed by atoms with Crippen molar-refractivity contribution in [3.63, 3.8) is 0 Å². The Morgan fingerprint density at radius 2 is 0.912 bits per heavy atom. The Labute approximate surface area is 466 Å². The Morgan fingerprint density at radius 3 is 1.36 bits per heavy atom.